The van der Waals surface area contributed by atoms with E-state index in [9.17, 15) is 4.79 Å². The van der Waals surface area contributed by atoms with Crippen LogP contribution in [0.25, 0.3) is 11.0 Å². The van der Waals surface area contributed by atoms with Crippen molar-refractivity contribution >= 4 is 34.2 Å². The van der Waals surface area contributed by atoms with Crippen molar-refractivity contribution in [2.75, 3.05) is 18.1 Å². The highest BCUT2D eigenvalue weighted by molar-refractivity contribution is 6.32. The number of nitrogens with zero attached hydrogens (tertiary/aromatic N) is 3. The van der Waals surface area contributed by atoms with E-state index in [0.717, 1.165) is 57.4 Å². The molecular weight excluding hydrogens is 470 g/mol. The van der Waals surface area contributed by atoms with Crippen LogP contribution in [0.15, 0.2) is 54.6 Å². The summed E-state index contributed by atoms with van der Waals surface area (Å²) in [7, 11) is 0. The van der Waals surface area contributed by atoms with Gasteiger partial charge in [-0.05, 0) is 92.8 Å². The lowest BCUT2D eigenvalue weighted by Gasteiger charge is -2.18. The number of amides is 1. The van der Waals surface area contributed by atoms with Gasteiger partial charge in [-0.3, -0.25) is 4.79 Å². The molecule has 1 aliphatic heterocycles. The molecule has 0 bridgehead atoms. The molecule has 5 nitrogen and oxygen atoms in total. The Morgan fingerprint density at radius 3 is 2.47 bits per heavy atom. The minimum Gasteiger partial charge on any atom is -0.494 e. The molecule has 1 aliphatic rings. The SMILES string of the molecule is Cc1ccc(N2CC(c3nc4ccccc4n3CCCOc3cc(C)c(Cl)c(C)c3)CC2=O)cc1C. The number of aryl methyl sites for hydroxylation is 5. The van der Waals surface area contributed by atoms with Gasteiger partial charge in [-0.15, -0.1) is 0 Å². The van der Waals surface area contributed by atoms with Crippen molar-refractivity contribution in [2.45, 2.75) is 53.0 Å². The Kier molecular flexibility index (Phi) is 6.76. The standard InChI is InChI=1S/C30H32ClN3O2/c1-19-10-11-24(14-20(19)2)34-18-23(17-28(34)35)30-32-26-8-5-6-9-27(26)33(30)12-7-13-36-25-15-21(3)29(31)22(4)16-25/h5-6,8-11,14-16,23H,7,12-13,17-18H2,1-4H3. The van der Waals surface area contributed by atoms with Crippen LogP contribution in [0.2, 0.25) is 5.02 Å². The molecule has 36 heavy (non-hydrogen) atoms. The van der Waals surface area contributed by atoms with Gasteiger partial charge in [-0.25, -0.2) is 4.98 Å². The van der Waals surface area contributed by atoms with Crippen molar-refractivity contribution < 1.29 is 9.53 Å². The van der Waals surface area contributed by atoms with Crippen molar-refractivity contribution in [3.8, 4) is 5.75 Å². The monoisotopic (exact) mass is 501 g/mol. The second kappa shape index (κ2) is 9.98. The van der Waals surface area contributed by atoms with Gasteiger partial charge in [0.15, 0.2) is 0 Å². The average molecular weight is 502 g/mol. The lowest BCUT2D eigenvalue weighted by Crippen LogP contribution is -2.24. The summed E-state index contributed by atoms with van der Waals surface area (Å²) in [6.07, 6.45) is 1.30. The van der Waals surface area contributed by atoms with E-state index in [1.54, 1.807) is 0 Å². The molecule has 1 aromatic heterocycles. The first-order valence-corrected chi connectivity index (χ1v) is 12.9. The third-order valence-electron chi connectivity index (χ3n) is 7.18. The molecule has 1 saturated heterocycles. The zero-order chi connectivity index (χ0) is 25.4. The third kappa shape index (κ3) is 4.72. The molecule has 1 unspecified atom stereocenters. The summed E-state index contributed by atoms with van der Waals surface area (Å²) in [4.78, 5) is 19.9. The fourth-order valence-electron chi connectivity index (χ4n) is 5.07. The second-order valence-corrected chi connectivity index (χ2v) is 10.2. The Bertz CT molecular complexity index is 1420. The number of anilines is 1. The number of hydrogen-bond donors (Lipinski definition) is 0. The van der Waals surface area contributed by atoms with Crippen LogP contribution in [0, 0.1) is 27.7 Å². The molecule has 1 amide bonds. The first-order chi connectivity index (χ1) is 17.3. The van der Waals surface area contributed by atoms with Gasteiger partial charge in [0.25, 0.3) is 0 Å². The Morgan fingerprint density at radius 1 is 0.972 bits per heavy atom. The predicted octanol–water partition coefficient (Wildman–Crippen LogP) is 6.91. The van der Waals surface area contributed by atoms with Gasteiger partial charge in [0.2, 0.25) is 5.91 Å². The molecular formula is C30H32ClN3O2. The number of hydrogen-bond acceptors (Lipinski definition) is 3. The fraction of sp³-hybridized carbons (Fsp3) is 0.333. The zero-order valence-electron chi connectivity index (χ0n) is 21.3. The Labute approximate surface area is 217 Å². The van der Waals surface area contributed by atoms with E-state index in [2.05, 4.69) is 36.6 Å². The molecule has 0 aliphatic carbocycles. The van der Waals surface area contributed by atoms with Crippen molar-refractivity contribution in [3.05, 3.63) is 87.7 Å². The van der Waals surface area contributed by atoms with E-state index in [1.165, 1.54) is 11.1 Å². The van der Waals surface area contributed by atoms with E-state index < -0.39 is 0 Å². The summed E-state index contributed by atoms with van der Waals surface area (Å²) >= 11 is 6.29. The van der Waals surface area contributed by atoms with Crippen molar-refractivity contribution in [2.24, 2.45) is 0 Å². The Hall–Kier alpha value is -3.31. The Balaban J connectivity index is 1.34. The normalized spacial score (nSPS) is 15.8. The van der Waals surface area contributed by atoms with Crippen molar-refractivity contribution in [1.82, 2.24) is 9.55 Å². The van der Waals surface area contributed by atoms with E-state index in [4.69, 9.17) is 21.3 Å². The number of carbonyl (C=O) groups excluding carboxylic acids is 1. The molecule has 1 atom stereocenters. The van der Waals surface area contributed by atoms with Crippen LogP contribution in [-0.2, 0) is 11.3 Å². The molecule has 0 spiro atoms. The molecule has 1 fully saturated rings. The summed E-state index contributed by atoms with van der Waals surface area (Å²) in [5.74, 6) is 2.03. The summed E-state index contributed by atoms with van der Waals surface area (Å²) in [6, 6.07) is 18.4. The van der Waals surface area contributed by atoms with Gasteiger partial charge in [-0.1, -0.05) is 29.8 Å². The lowest BCUT2D eigenvalue weighted by atomic mass is 10.1. The number of ether oxygens (including phenoxy) is 1. The maximum Gasteiger partial charge on any atom is 0.227 e. The smallest absolute Gasteiger partial charge is 0.227 e. The average Bonchev–Trinajstić information content (AvgIpc) is 3.42. The van der Waals surface area contributed by atoms with Gasteiger partial charge in [0.05, 0.1) is 17.6 Å². The summed E-state index contributed by atoms with van der Waals surface area (Å²) in [5.41, 5.74) is 7.51. The topological polar surface area (TPSA) is 47.4 Å². The highest BCUT2D eigenvalue weighted by Crippen LogP contribution is 2.34. The van der Waals surface area contributed by atoms with Crippen LogP contribution < -0.4 is 9.64 Å². The minimum absolute atomic E-state index is 0.0500. The first kappa shape index (κ1) is 24.4. The number of fused-ring (bicyclic) bond motifs is 1. The maximum absolute atomic E-state index is 13.0. The second-order valence-electron chi connectivity index (χ2n) is 9.86. The van der Waals surface area contributed by atoms with Crippen LogP contribution in [0.3, 0.4) is 0 Å². The maximum atomic E-state index is 13.0. The van der Waals surface area contributed by atoms with E-state index in [0.29, 0.717) is 19.6 Å². The highest BCUT2D eigenvalue weighted by Gasteiger charge is 2.34. The summed E-state index contributed by atoms with van der Waals surface area (Å²) in [5, 5.41) is 0.790. The first-order valence-electron chi connectivity index (χ1n) is 12.5. The molecule has 0 radical (unpaired) electrons. The largest absolute Gasteiger partial charge is 0.494 e. The molecule has 5 rings (SSSR count). The van der Waals surface area contributed by atoms with Crippen molar-refractivity contribution in [3.63, 3.8) is 0 Å². The molecule has 3 aromatic carbocycles. The fourth-order valence-corrected chi connectivity index (χ4v) is 5.18. The van der Waals surface area contributed by atoms with Crippen LogP contribution in [0.5, 0.6) is 5.75 Å². The van der Waals surface area contributed by atoms with Gasteiger partial charge in [0, 0.05) is 36.1 Å². The van der Waals surface area contributed by atoms with Gasteiger partial charge < -0.3 is 14.2 Å². The third-order valence-corrected chi connectivity index (χ3v) is 7.78. The number of carbonyl (C=O) groups is 1. The number of imidazole rings is 1. The van der Waals surface area contributed by atoms with Crippen LogP contribution in [-0.4, -0.2) is 28.6 Å². The van der Waals surface area contributed by atoms with Gasteiger partial charge in [-0.2, -0.15) is 0 Å². The minimum atomic E-state index is 0.0500. The Morgan fingerprint density at radius 2 is 1.72 bits per heavy atom. The zero-order valence-corrected chi connectivity index (χ0v) is 22.1. The number of benzene rings is 3. The van der Waals surface area contributed by atoms with Crippen molar-refractivity contribution in [1.29, 1.82) is 0 Å². The molecule has 0 saturated carbocycles. The van der Waals surface area contributed by atoms with Crippen LogP contribution in [0.4, 0.5) is 5.69 Å². The van der Waals surface area contributed by atoms with E-state index >= 15 is 0 Å². The molecule has 186 valence electrons. The number of aromatic nitrogens is 2. The van der Waals surface area contributed by atoms with Crippen LogP contribution >= 0.6 is 11.6 Å². The van der Waals surface area contributed by atoms with Crippen LogP contribution in [0.1, 0.15) is 46.8 Å². The molecule has 0 N–H and O–H groups in total. The summed E-state index contributed by atoms with van der Waals surface area (Å²) in [6.45, 7) is 10.2. The highest BCUT2D eigenvalue weighted by atomic mass is 35.5. The molecule has 6 heteroatoms. The number of halogens is 1. The summed E-state index contributed by atoms with van der Waals surface area (Å²) < 4.78 is 8.33. The van der Waals surface area contributed by atoms with E-state index in [1.807, 2.05) is 55.1 Å². The van der Waals surface area contributed by atoms with Gasteiger partial charge >= 0.3 is 0 Å². The number of rotatable bonds is 7. The quantitative estimate of drug-likeness (QED) is 0.258. The lowest BCUT2D eigenvalue weighted by molar-refractivity contribution is -0.117. The predicted molar refractivity (Wildman–Crippen MR) is 146 cm³/mol. The molecule has 2 heterocycles. The molecule has 4 aromatic rings. The van der Waals surface area contributed by atoms with Gasteiger partial charge in [0.1, 0.15) is 11.6 Å². The van der Waals surface area contributed by atoms with E-state index in [-0.39, 0.29) is 11.8 Å². The number of para-hydroxylation sites is 2.